The highest BCUT2D eigenvalue weighted by molar-refractivity contribution is 14.1. The van der Waals surface area contributed by atoms with E-state index in [-0.39, 0.29) is 5.56 Å². The van der Waals surface area contributed by atoms with Crippen molar-refractivity contribution in [2.45, 2.75) is 6.54 Å². The van der Waals surface area contributed by atoms with Crippen LogP contribution in [0.1, 0.15) is 5.69 Å². The monoisotopic (exact) mass is 489 g/mol. The molecule has 0 saturated carbocycles. The first kappa shape index (κ1) is 18.9. The van der Waals surface area contributed by atoms with Crippen molar-refractivity contribution in [2.75, 3.05) is 28.3 Å². The van der Waals surface area contributed by atoms with Gasteiger partial charge in [-0.2, -0.15) is 0 Å². The van der Waals surface area contributed by atoms with Crippen LogP contribution in [0.3, 0.4) is 0 Å². The van der Waals surface area contributed by atoms with Crippen molar-refractivity contribution >= 4 is 39.4 Å². The molecule has 0 fully saturated rings. The summed E-state index contributed by atoms with van der Waals surface area (Å²) < 4.78 is 10.1. The Kier molecular flexibility index (Phi) is 4.67. The SMILES string of the molecule is COc1ccc(-c2nc3ccccn3c2C[N+](C)(C)C)c2ccc(=O)n(I)c12. The van der Waals surface area contributed by atoms with E-state index in [0.29, 0.717) is 5.75 Å². The number of aromatic nitrogens is 3. The van der Waals surface area contributed by atoms with Crippen LogP contribution in [-0.2, 0) is 6.54 Å². The second-order valence-electron chi connectivity index (χ2n) is 7.81. The number of imidazole rings is 1. The molecule has 0 radical (unpaired) electrons. The first-order chi connectivity index (χ1) is 13.3. The molecule has 6 nitrogen and oxygen atoms in total. The van der Waals surface area contributed by atoms with Crippen LogP contribution in [0.15, 0.2) is 53.5 Å². The summed E-state index contributed by atoms with van der Waals surface area (Å²) in [6.07, 6.45) is 2.05. The molecule has 0 bridgehead atoms. The molecule has 3 aromatic heterocycles. The normalized spacial score (nSPS) is 12.0. The highest BCUT2D eigenvalue weighted by Crippen LogP contribution is 2.36. The molecule has 0 spiro atoms. The Morgan fingerprint density at radius 3 is 2.61 bits per heavy atom. The minimum absolute atomic E-state index is 0.0786. The van der Waals surface area contributed by atoms with Gasteiger partial charge in [0.2, 0.25) is 0 Å². The average molecular weight is 489 g/mol. The summed E-state index contributed by atoms with van der Waals surface area (Å²) in [6.45, 7) is 0.817. The molecule has 0 amide bonds. The molecule has 0 aliphatic heterocycles. The van der Waals surface area contributed by atoms with Gasteiger partial charge in [0.25, 0.3) is 5.56 Å². The van der Waals surface area contributed by atoms with Crippen molar-refractivity contribution in [1.82, 2.24) is 12.2 Å². The molecule has 28 heavy (non-hydrogen) atoms. The van der Waals surface area contributed by atoms with Gasteiger partial charge in [-0.15, -0.1) is 0 Å². The van der Waals surface area contributed by atoms with Crippen LogP contribution in [0.5, 0.6) is 5.75 Å². The van der Waals surface area contributed by atoms with Gasteiger partial charge in [0.1, 0.15) is 29.2 Å². The van der Waals surface area contributed by atoms with E-state index in [1.165, 1.54) is 0 Å². The van der Waals surface area contributed by atoms with Crippen molar-refractivity contribution in [2.24, 2.45) is 0 Å². The quantitative estimate of drug-likeness (QED) is 0.324. The third-order valence-electron chi connectivity index (χ3n) is 4.69. The lowest BCUT2D eigenvalue weighted by molar-refractivity contribution is -0.884. The van der Waals surface area contributed by atoms with Gasteiger partial charge in [-0.3, -0.25) is 9.20 Å². The lowest BCUT2D eigenvalue weighted by Crippen LogP contribution is -2.34. The molecule has 1 aromatic carbocycles. The molecule has 0 N–H and O–H groups in total. The van der Waals surface area contributed by atoms with Gasteiger partial charge in [0.05, 0.1) is 56.8 Å². The summed E-state index contributed by atoms with van der Waals surface area (Å²) in [5, 5.41) is 0.944. The largest absolute Gasteiger partial charge is 0.495 e. The number of hydrogen-bond acceptors (Lipinski definition) is 3. The lowest BCUT2D eigenvalue weighted by atomic mass is 10.0. The predicted octanol–water partition coefficient (Wildman–Crippen LogP) is 3.73. The van der Waals surface area contributed by atoms with Crippen molar-refractivity contribution in [3.8, 4) is 17.0 Å². The second-order valence-corrected chi connectivity index (χ2v) is 8.78. The second kappa shape index (κ2) is 6.89. The topological polar surface area (TPSA) is 48.5 Å². The summed E-state index contributed by atoms with van der Waals surface area (Å²) in [4.78, 5) is 17.2. The van der Waals surface area contributed by atoms with Crippen LogP contribution in [0.25, 0.3) is 27.8 Å². The summed E-state index contributed by atoms with van der Waals surface area (Å²) in [5.41, 5.74) is 4.66. The molecule has 0 atom stereocenters. The van der Waals surface area contributed by atoms with Gasteiger partial charge < -0.3 is 9.22 Å². The zero-order valence-corrected chi connectivity index (χ0v) is 18.5. The van der Waals surface area contributed by atoms with Gasteiger partial charge >= 0.3 is 0 Å². The number of pyridine rings is 2. The molecular formula is C21H22IN4O2+. The van der Waals surface area contributed by atoms with Crippen LogP contribution < -0.4 is 10.3 Å². The molecule has 4 aromatic rings. The minimum atomic E-state index is -0.0786. The fourth-order valence-corrected chi connectivity index (χ4v) is 4.18. The van der Waals surface area contributed by atoms with E-state index in [1.807, 2.05) is 59.3 Å². The Labute approximate surface area is 177 Å². The Hall–Kier alpha value is -2.39. The first-order valence-electron chi connectivity index (χ1n) is 8.96. The van der Waals surface area contributed by atoms with Crippen LogP contribution in [0.2, 0.25) is 0 Å². The van der Waals surface area contributed by atoms with E-state index in [1.54, 1.807) is 16.0 Å². The van der Waals surface area contributed by atoms with Gasteiger partial charge in [0.15, 0.2) is 0 Å². The summed E-state index contributed by atoms with van der Waals surface area (Å²) in [6, 6.07) is 13.4. The molecule has 144 valence electrons. The maximum absolute atomic E-state index is 12.2. The maximum atomic E-state index is 12.2. The molecule has 4 rings (SSSR count). The number of hydrogen-bond donors (Lipinski definition) is 0. The Morgan fingerprint density at radius 1 is 1.11 bits per heavy atom. The molecular weight excluding hydrogens is 467 g/mol. The highest BCUT2D eigenvalue weighted by Gasteiger charge is 2.22. The number of fused-ring (bicyclic) bond motifs is 2. The molecule has 3 heterocycles. The zero-order valence-electron chi connectivity index (χ0n) is 16.3. The minimum Gasteiger partial charge on any atom is -0.495 e. The van der Waals surface area contributed by atoms with Crippen LogP contribution in [0, 0.1) is 0 Å². The molecule has 0 saturated heterocycles. The van der Waals surface area contributed by atoms with E-state index in [4.69, 9.17) is 9.72 Å². The van der Waals surface area contributed by atoms with Crippen molar-refractivity contribution in [3.63, 3.8) is 0 Å². The number of quaternary nitrogens is 1. The number of nitrogens with zero attached hydrogens (tertiary/aromatic N) is 4. The Balaban J connectivity index is 2.09. The third kappa shape index (κ3) is 3.18. The number of halogens is 1. The van der Waals surface area contributed by atoms with Crippen LogP contribution >= 0.6 is 22.9 Å². The van der Waals surface area contributed by atoms with Crippen molar-refractivity contribution in [1.29, 1.82) is 0 Å². The van der Waals surface area contributed by atoms with Crippen molar-refractivity contribution in [3.05, 3.63) is 64.7 Å². The standard InChI is InChI=1S/C21H22IN4O2/c1-26(2,3)13-16-20(23-18-7-5-6-12-24(16)18)14-8-10-17(28-4)21-15(14)9-11-19(27)25(21)22/h5-12H,13H2,1-4H3/q+1. The third-order valence-corrected chi connectivity index (χ3v) is 5.65. The fraction of sp³-hybridized carbons (Fsp3) is 0.238. The predicted molar refractivity (Wildman–Crippen MR) is 120 cm³/mol. The lowest BCUT2D eigenvalue weighted by Gasteiger charge is -2.24. The molecule has 0 aliphatic carbocycles. The number of ether oxygens (including phenoxy) is 1. The first-order valence-corrected chi connectivity index (χ1v) is 9.92. The summed E-state index contributed by atoms with van der Waals surface area (Å²) in [7, 11) is 8.12. The average Bonchev–Trinajstić information content (AvgIpc) is 3.00. The van der Waals surface area contributed by atoms with Crippen molar-refractivity contribution < 1.29 is 9.22 Å². The molecule has 7 heteroatoms. The van der Waals surface area contributed by atoms with E-state index in [9.17, 15) is 4.79 Å². The molecule has 0 aliphatic rings. The molecule has 0 unspecified atom stereocenters. The zero-order chi connectivity index (χ0) is 20.1. The van der Waals surface area contributed by atoms with Gasteiger partial charge in [-0.1, -0.05) is 6.07 Å². The van der Waals surface area contributed by atoms with Gasteiger partial charge in [0, 0.05) is 23.2 Å². The Bertz CT molecular complexity index is 1250. The fourth-order valence-electron chi connectivity index (χ4n) is 3.52. The van der Waals surface area contributed by atoms with E-state index < -0.39 is 0 Å². The Morgan fingerprint density at radius 2 is 1.89 bits per heavy atom. The van der Waals surface area contributed by atoms with E-state index >= 15 is 0 Å². The smallest absolute Gasteiger partial charge is 0.260 e. The van der Waals surface area contributed by atoms with Gasteiger partial charge in [-0.25, -0.2) is 7.76 Å². The van der Waals surface area contributed by atoms with Gasteiger partial charge in [-0.05, 0) is 30.3 Å². The highest BCUT2D eigenvalue weighted by atomic mass is 127. The number of benzene rings is 1. The maximum Gasteiger partial charge on any atom is 0.260 e. The summed E-state index contributed by atoms with van der Waals surface area (Å²) in [5.74, 6) is 0.669. The van der Waals surface area contributed by atoms with Crippen LogP contribution in [-0.4, -0.2) is 44.9 Å². The van der Waals surface area contributed by atoms with E-state index in [0.717, 1.165) is 44.5 Å². The number of rotatable bonds is 4. The van der Waals surface area contributed by atoms with E-state index in [2.05, 4.69) is 31.7 Å². The number of methoxy groups -OCH3 is 1. The van der Waals surface area contributed by atoms with Crippen LogP contribution in [0.4, 0.5) is 0 Å². The summed E-state index contributed by atoms with van der Waals surface area (Å²) >= 11 is 2.03.